The molecule has 0 bridgehead atoms. The summed E-state index contributed by atoms with van der Waals surface area (Å²) in [7, 11) is 0. The average molecular weight is 269 g/mol. The minimum atomic E-state index is -1.09. The third kappa shape index (κ3) is 2.07. The largest absolute Gasteiger partial charge is 0.477 e. The molecule has 3 rings (SSSR count). The summed E-state index contributed by atoms with van der Waals surface area (Å²) in [5.41, 5.74) is 1.50. The predicted octanol–water partition coefficient (Wildman–Crippen LogP) is 2.76. The number of hydrogen-bond acceptors (Lipinski definition) is 4. The fourth-order valence-corrected chi connectivity index (χ4v) is 1.93. The maximum Gasteiger partial charge on any atom is 0.341 e. The number of hydrogen-bond donors (Lipinski definition) is 2. The summed E-state index contributed by atoms with van der Waals surface area (Å²) in [4.78, 5) is 15.4. The summed E-state index contributed by atoms with van der Waals surface area (Å²) in [6.45, 7) is 1.84. The monoisotopic (exact) mass is 269 g/mol. The highest BCUT2D eigenvalue weighted by Crippen LogP contribution is 2.31. The second kappa shape index (κ2) is 4.65. The molecule has 0 aliphatic rings. The fraction of sp³-hybridized carbons (Fsp3) is 0.0714. The first-order valence-corrected chi connectivity index (χ1v) is 5.96. The van der Waals surface area contributed by atoms with E-state index in [9.17, 15) is 9.90 Å². The summed E-state index contributed by atoms with van der Waals surface area (Å²) in [5, 5.41) is 16.6. The van der Waals surface area contributed by atoms with Crippen molar-refractivity contribution in [2.45, 2.75) is 6.92 Å². The number of pyridine rings is 1. The number of carboxylic acid groups (broad SMARTS) is 1. The molecule has 1 aromatic carbocycles. The molecule has 2 aromatic heterocycles. The van der Waals surface area contributed by atoms with Crippen molar-refractivity contribution in [1.82, 2.24) is 15.2 Å². The van der Waals surface area contributed by atoms with Crippen LogP contribution in [0.3, 0.4) is 0 Å². The molecule has 6 nitrogen and oxygen atoms in total. The molecule has 0 aliphatic heterocycles. The van der Waals surface area contributed by atoms with Gasteiger partial charge in [0.1, 0.15) is 5.56 Å². The van der Waals surface area contributed by atoms with E-state index in [1.165, 1.54) is 6.20 Å². The van der Waals surface area contributed by atoms with Crippen molar-refractivity contribution < 1.29 is 14.6 Å². The lowest BCUT2D eigenvalue weighted by atomic mass is 10.1. The SMILES string of the molecule is Cc1cc(Oc2c(C(=O)O)cnc3ccccc23)n[nH]1. The summed E-state index contributed by atoms with van der Waals surface area (Å²) >= 11 is 0. The number of nitrogens with one attached hydrogen (secondary N) is 1. The number of rotatable bonds is 3. The molecule has 0 unspecified atom stereocenters. The van der Waals surface area contributed by atoms with E-state index < -0.39 is 5.97 Å². The van der Waals surface area contributed by atoms with Crippen LogP contribution in [0.15, 0.2) is 36.5 Å². The van der Waals surface area contributed by atoms with Crippen molar-refractivity contribution in [2.24, 2.45) is 0 Å². The Morgan fingerprint density at radius 3 is 2.85 bits per heavy atom. The first-order valence-electron chi connectivity index (χ1n) is 5.96. The van der Waals surface area contributed by atoms with Crippen LogP contribution in [0, 0.1) is 6.92 Å². The van der Waals surface area contributed by atoms with E-state index in [-0.39, 0.29) is 11.3 Å². The number of carboxylic acids is 1. The molecule has 0 aliphatic carbocycles. The number of fused-ring (bicyclic) bond motifs is 1. The third-order valence-electron chi connectivity index (χ3n) is 2.85. The zero-order chi connectivity index (χ0) is 14.1. The zero-order valence-electron chi connectivity index (χ0n) is 10.6. The Bertz CT molecular complexity index is 795. The van der Waals surface area contributed by atoms with Crippen LogP contribution in [-0.2, 0) is 0 Å². The van der Waals surface area contributed by atoms with Gasteiger partial charge in [0, 0.05) is 23.3 Å². The first-order chi connectivity index (χ1) is 9.65. The standard InChI is InChI=1S/C14H11N3O3/c1-8-6-12(17-16-8)20-13-9-4-2-3-5-11(9)15-7-10(13)14(18)19/h2-7H,1H3,(H,16,17)(H,18,19). The molecule has 0 atom stereocenters. The number of H-pyrrole nitrogens is 1. The fourth-order valence-electron chi connectivity index (χ4n) is 1.93. The van der Waals surface area contributed by atoms with Gasteiger partial charge in [-0.05, 0) is 19.1 Å². The van der Waals surface area contributed by atoms with Crippen LogP contribution < -0.4 is 4.74 Å². The topological polar surface area (TPSA) is 88.1 Å². The minimum absolute atomic E-state index is 0.00403. The van der Waals surface area contributed by atoms with Crippen LogP contribution in [0.25, 0.3) is 10.9 Å². The van der Waals surface area contributed by atoms with Crippen LogP contribution >= 0.6 is 0 Å². The molecule has 0 spiro atoms. The van der Waals surface area contributed by atoms with E-state index in [0.29, 0.717) is 16.8 Å². The molecule has 20 heavy (non-hydrogen) atoms. The highest BCUT2D eigenvalue weighted by atomic mass is 16.5. The number of aromatic carboxylic acids is 1. The molecule has 2 N–H and O–H groups in total. The molecule has 0 fully saturated rings. The van der Waals surface area contributed by atoms with Crippen LogP contribution in [0.2, 0.25) is 0 Å². The van der Waals surface area contributed by atoms with Gasteiger partial charge in [-0.2, -0.15) is 0 Å². The van der Waals surface area contributed by atoms with Crippen LogP contribution in [0.5, 0.6) is 11.6 Å². The number of para-hydroxylation sites is 1. The number of aromatic nitrogens is 3. The van der Waals surface area contributed by atoms with Gasteiger partial charge in [0.05, 0.1) is 5.52 Å². The van der Waals surface area contributed by atoms with Crippen molar-refractivity contribution in [1.29, 1.82) is 0 Å². The molecular formula is C14H11N3O3. The number of ether oxygens (including phenoxy) is 1. The Hall–Kier alpha value is -2.89. The van der Waals surface area contributed by atoms with Crippen LogP contribution in [0.4, 0.5) is 0 Å². The summed E-state index contributed by atoms with van der Waals surface area (Å²) in [6.07, 6.45) is 1.29. The Labute approximate surface area is 114 Å². The van der Waals surface area contributed by atoms with E-state index in [1.54, 1.807) is 24.3 Å². The molecule has 3 aromatic rings. The molecule has 0 radical (unpaired) electrons. The van der Waals surface area contributed by atoms with Gasteiger partial charge in [-0.15, -0.1) is 5.10 Å². The van der Waals surface area contributed by atoms with Gasteiger partial charge in [-0.3, -0.25) is 10.1 Å². The zero-order valence-corrected chi connectivity index (χ0v) is 10.6. The Morgan fingerprint density at radius 1 is 1.35 bits per heavy atom. The van der Waals surface area contributed by atoms with E-state index in [2.05, 4.69) is 15.2 Å². The second-order valence-corrected chi connectivity index (χ2v) is 4.31. The molecular weight excluding hydrogens is 258 g/mol. The predicted molar refractivity (Wildman–Crippen MR) is 72.1 cm³/mol. The van der Waals surface area contributed by atoms with Crippen molar-refractivity contribution in [2.75, 3.05) is 0 Å². The Morgan fingerprint density at radius 2 is 2.15 bits per heavy atom. The van der Waals surface area contributed by atoms with Gasteiger partial charge < -0.3 is 9.84 Å². The van der Waals surface area contributed by atoms with Crippen LogP contribution in [-0.4, -0.2) is 26.3 Å². The van der Waals surface area contributed by atoms with E-state index in [0.717, 1.165) is 5.69 Å². The average Bonchev–Trinajstić information content (AvgIpc) is 2.84. The molecule has 0 saturated carbocycles. The lowest BCUT2D eigenvalue weighted by molar-refractivity contribution is 0.0694. The number of carbonyl (C=O) groups is 1. The lowest BCUT2D eigenvalue weighted by Gasteiger charge is -2.09. The molecule has 100 valence electrons. The van der Waals surface area contributed by atoms with E-state index >= 15 is 0 Å². The summed E-state index contributed by atoms with van der Waals surface area (Å²) in [5.74, 6) is -0.526. The number of aryl methyl sites for hydroxylation is 1. The number of aromatic amines is 1. The van der Waals surface area contributed by atoms with E-state index in [1.807, 2.05) is 13.0 Å². The summed E-state index contributed by atoms with van der Waals surface area (Å²) < 4.78 is 5.64. The maximum atomic E-state index is 11.3. The highest BCUT2D eigenvalue weighted by Gasteiger charge is 2.17. The van der Waals surface area contributed by atoms with Crippen LogP contribution in [0.1, 0.15) is 16.1 Å². The van der Waals surface area contributed by atoms with Gasteiger partial charge in [-0.1, -0.05) is 12.1 Å². The smallest absolute Gasteiger partial charge is 0.341 e. The lowest BCUT2D eigenvalue weighted by Crippen LogP contribution is -2.02. The highest BCUT2D eigenvalue weighted by molar-refractivity contribution is 5.98. The van der Waals surface area contributed by atoms with Gasteiger partial charge in [0.15, 0.2) is 5.75 Å². The third-order valence-corrected chi connectivity index (χ3v) is 2.85. The first kappa shape index (κ1) is 12.2. The number of benzene rings is 1. The Balaban J connectivity index is 2.19. The van der Waals surface area contributed by atoms with Crippen molar-refractivity contribution in [3.63, 3.8) is 0 Å². The van der Waals surface area contributed by atoms with Crippen molar-refractivity contribution in [3.05, 3.63) is 47.8 Å². The second-order valence-electron chi connectivity index (χ2n) is 4.31. The van der Waals surface area contributed by atoms with Gasteiger partial charge in [-0.25, -0.2) is 4.79 Å². The maximum absolute atomic E-state index is 11.3. The van der Waals surface area contributed by atoms with Crippen molar-refractivity contribution >= 4 is 16.9 Å². The van der Waals surface area contributed by atoms with Crippen molar-refractivity contribution in [3.8, 4) is 11.6 Å². The van der Waals surface area contributed by atoms with Gasteiger partial charge in [0.2, 0.25) is 5.88 Å². The van der Waals surface area contributed by atoms with Gasteiger partial charge >= 0.3 is 5.97 Å². The quantitative estimate of drug-likeness (QED) is 0.763. The summed E-state index contributed by atoms with van der Waals surface area (Å²) in [6, 6.07) is 8.89. The normalized spacial score (nSPS) is 10.7. The Kier molecular flexibility index (Phi) is 2.83. The minimum Gasteiger partial charge on any atom is -0.477 e. The molecule has 6 heteroatoms. The molecule has 0 amide bonds. The molecule has 2 heterocycles. The van der Waals surface area contributed by atoms with E-state index in [4.69, 9.17) is 4.74 Å². The molecule has 0 saturated heterocycles. The number of nitrogens with zero attached hydrogens (tertiary/aromatic N) is 2. The van der Waals surface area contributed by atoms with Gasteiger partial charge in [0.25, 0.3) is 0 Å².